The molecule has 0 aliphatic rings. The quantitative estimate of drug-likeness (QED) is 0.905. The van der Waals surface area contributed by atoms with Gasteiger partial charge in [0.1, 0.15) is 5.82 Å². The third-order valence-electron chi connectivity index (χ3n) is 2.70. The maximum absolute atomic E-state index is 12.9. The Kier molecular flexibility index (Phi) is 3.92. The molecule has 1 unspecified atom stereocenters. The van der Waals surface area contributed by atoms with Gasteiger partial charge in [0.05, 0.1) is 6.04 Å². The number of hydrogen-bond donors (Lipinski definition) is 1. The first kappa shape index (κ1) is 12.3. The molecule has 1 nitrogen and oxygen atoms in total. The molecule has 2 rings (SSSR count). The molecular weight excluding hydrogens is 281 g/mol. The molecule has 1 N–H and O–H groups in total. The molecule has 2 aromatic carbocycles. The van der Waals surface area contributed by atoms with Gasteiger partial charge in [-0.05, 0) is 42.4 Å². The van der Waals surface area contributed by atoms with Crippen molar-refractivity contribution in [2.45, 2.75) is 6.04 Å². The molecule has 0 aromatic heterocycles. The Bertz CT molecular complexity index is 433. The van der Waals surface area contributed by atoms with Gasteiger partial charge in [-0.25, -0.2) is 4.39 Å². The summed E-state index contributed by atoms with van der Waals surface area (Å²) >= 11 is 3.41. The van der Waals surface area contributed by atoms with E-state index in [9.17, 15) is 4.39 Å². The van der Waals surface area contributed by atoms with Gasteiger partial charge in [-0.3, -0.25) is 0 Å². The fraction of sp³-hybridized carbons (Fsp3) is 0.143. The Morgan fingerprint density at radius 1 is 0.941 bits per heavy atom. The predicted molar refractivity (Wildman–Crippen MR) is 71.4 cm³/mol. The molecule has 17 heavy (non-hydrogen) atoms. The van der Waals surface area contributed by atoms with Gasteiger partial charge in [-0.2, -0.15) is 0 Å². The predicted octanol–water partition coefficient (Wildman–Crippen LogP) is 3.90. The molecule has 3 heteroatoms. The minimum absolute atomic E-state index is 0.0868. The molecule has 0 bridgehead atoms. The van der Waals surface area contributed by atoms with Crippen LogP contribution in [0.4, 0.5) is 4.39 Å². The number of hydrogen-bond acceptors (Lipinski definition) is 1. The van der Waals surface area contributed by atoms with Crippen molar-refractivity contribution >= 4 is 15.9 Å². The van der Waals surface area contributed by atoms with Crippen LogP contribution in [0.1, 0.15) is 17.2 Å². The molecule has 0 heterocycles. The van der Waals surface area contributed by atoms with Crippen LogP contribution in [0.5, 0.6) is 0 Å². The highest BCUT2D eigenvalue weighted by Gasteiger charge is 2.11. The summed E-state index contributed by atoms with van der Waals surface area (Å²) in [5.74, 6) is -0.209. The molecule has 0 amide bonds. The fourth-order valence-electron chi connectivity index (χ4n) is 1.84. The second-order valence-corrected chi connectivity index (χ2v) is 4.74. The Balaban J connectivity index is 2.33. The van der Waals surface area contributed by atoms with Gasteiger partial charge < -0.3 is 5.32 Å². The SMILES string of the molecule is CNC(c1ccc(F)cc1)c1ccc(Br)cc1. The van der Waals surface area contributed by atoms with Crippen molar-refractivity contribution in [3.05, 3.63) is 69.9 Å². The smallest absolute Gasteiger partial charge is 0.123 e. The van der Waals surface area contributed by atoms with Gasteiger partial charge in [0.25, 0.3) is 0 Å². The highest BCUT2D eigenvalue weighted by molar-refractivity contribution is 9.10. The van der Waals surface area contributed by atoms with Crippen molar-refractivity contribution in [1.29, 1.82) is 0 Å². The van der Waals surface area contributed by atoms with Crippen LogP contribution in [0.25, 0.3) is 0 Å². The van der Waals surface area contributed by atoms with Crippen molar-refractivity contribution in [3.8, 4) is 0 Å². The Morgan fingerprint density at radius 3 is 1.88 bits per heavy atom. The molecule has 88 valence electrons. The Labute approximate surface area is 109 Å². The first-order chi connectivity index (χ1) is 8.20. The number of halogens is 2. The molecule has 1 atom stereocenters. The zero-order valence-electron chi connectivity index (χ0n) is 9.45. The van der Waals surface area contributed by atoms with Crippen LogP contribution in [0.15, 0.2) is 53.0 Å². The average molecular weight is 294 g/mol. The van der Waals surface area contributed by atoms with E-state index >= 15 is 0 Å². The minimum Gasteiger partial charge on any atom is -0.309 e. The van der Waals surface area contributed by atoms with E-state index in [1.54, 1.807) is 12.1 Å². The lowest BCUT2D eigenvalue weighted by atomic mass is 9.99. The number of benzene rings is 2. The summed E-state index contributed by atoms with van der Waals surface area (Å²) in [4.78, 5) is 0. The molecule has 0 saturated carbocycles. The first-order valence-electron chi connectivity index (χ1n) is 5.39. The van der Waals surface area contributed by atoms with Crippen LogP contribution in [-0.2, 0) is 0 Å². The standard InChI is InChI=1S/C14H13BrFN/c1-17-14(10-2-6-12(15)7-3-10)11-4-8-13(16)9-5-11/h2-9,14,17H,1H3. The lowest BCUT2D eigenvalue weighted by Crippen LogP contribution is -2.17. The summed E-state index contributed by atoms with van der Waals surface area (Å²) in [5.41, 5.74) is 2.21. The van der Waals surface area contributed by atoms with Crippen molar-refractivity contribution in [3.63, 3.8) is 0 Å². The monoisotopic (exact) mass is 293 g/mol. The molecular formula is C14H13BrFN. The molecule has 0 aliphatic heterocycles. The molecule has 0 radical (unpaired) electrons. The van der Waals surface area contributed by atoms with E-state index in [2.05, 4.69) is 33.4 Å². The maximum atomic E-state index is 12.9. The fourth-order valence-corrected chi connectivity index (χ4v) is 2.10. The largest absolute Gasteiger partial charge is 0.309 e. The van der Waals surface area contributed by atoms with E-state index in [0.717, 1.165) is 15.6 Å². The summed E-state index contributed by atoms with van der Waals surface area (Å²) in [6.45, 7) is 0. The van der Waals surface area contributed by atoms with Crippen molar-refractivity contribution in [1.82, 2.24) is 5.32 Å². The van der Waals surface area contributed by atoms with Crippen LogP contribution in [0.3, 0.4) is 0 Å². The highest BCUT2D eigenvalue weighted by Crippen LogP contribution is 2.23. The summed E-state index contributed by atoms with van der Waals surface area (Å²) < 4.78 is 13.9. The molecule has 0 spiro atoms. The molecule has 0 aliphatic carbocycles. The third-order valence-corrected chi connectivity index (χ3v) is 3.22. The minimum atomic E-state index is -0.209. The average Bonchev–Trinajstić information content (AvgIpc) is 2.35. The van der Waals surface area contributed by atoms with Crippen LogP contribution in [0, 0.1) is 5.82 Å². The summed E-state index contributed by atoms with van der Waals surface area (Å²) in [5, 5.41) is 3.24. The van der Waals surface area contributed by atoms with Gasteiger partial charge in [-0.15, -0.1) is 0 Å². The van der Waals surface area contributed by atoms with Gasteiger partial charge in [0.15, 0.2) is 0 Å². The zero-order chi connectivity index (χ0) is 12.3. The molecule has 0 saturated heterocycles. The van der Waals surface area contributed by atoms with E-state index in [4.69, 9.17) is 0 Å². The molecule has 0 fully saturated rings. The van der Waals surface area contributed by atoms with E-state index in [1.165, 1.54) is 12.1 Å². The van der Waals surface area contributed by atoms with Crippen LogP contribution >= 0.6 is 15.9 Å². The van der Waals surface area contributed by atoms with Gasteiger partial charge in [-0.1, -0.05) is 40.2 Å². The number of nitrogens with one attached hydrogen (secondary N) is 1. The van der Waals surface area contributed by atoms with Gasteiger partial charge >= 0.3 is 0 Å². The second kappa shape index (κ2) is 5.43. The van der Waals surface area contributed by atoms with Crippen LogP contribution in [0.2, 0.25) is 0 Å². The molecule has 2 aromatic rings. The zero-order valence-corrected chi connectivity index (χ0v) is 11.0. The lowest BCUT2D eigenvalue weighted by molar-refractivity contribution is 0.623. The number of rotatable bonds is 3. The third kappa shape index (κ3) is 2.93. The van der Waals surface area contributed by atoms with Gasteiger partial charge in [0, 0.05) is 4.47 Å². The summed E-state index contributed by atoms with van der Waals surface area (Å²) in [6.07, 6.45) is 0. The lowest BCUT2D eigenvalue weighted by Gasteiger charge is -2.17. The van der Waals surface area contributed by atoms with E-state index in [1.807, 2.05) is 19.2 Å². The van der Waals surface area contributed by atoms with Crippen molar-refractivity contribution in [2.24, 2.45) is 0 Å². The summed E-state index contributed by atoms with van der Waals surface area (Å²) in [6, 6.07) is 14.8. The van der Waals surface area contributed by atoms with Gasteiger partial charge in [0.2, 0.25) is 0 Å². The van der Waals surface area contributed by atoms with Crippen LogP contribution < -0.4 is 5.32 Å². The Hall–Kier alpha value is -1.19. The second-order valence-electron chi connectivity index (χ2n) is 3.82. The first-order valence-corrected chi connectivity index (χ1v) is 6.18. The summed E-state index contributed by atoms with van der Waals surface area (Å²) in [7, 11) is 1.90. The normalized spacial score (nSPS) is 12.4. The van der Waals surface area contributed by atoms with E-state index in [0.29, 0.717) is 0 Å². The topological polar surface area (TPSA) is 12.0 Å². The van der Waals surface area contributed by atoms with E-state index < -0.39 is 0 Å². The highest BCUT2D eigenvalue weighted by atomic mass is 79.9. The van der Waals surface area contributed by atoms with E-state index in [-0.39, 0.29) is 11.9 Å². The maximum Gasteiger partial charge on any atom is 0.123 e. The van der Waals surface area contributed by atoms with Crippen molar-refractivity contribution in [2.75, 3.05) is 7.05 Å². The van der Waals surface area contributed by atoms with Crippen LogP contribution in [-0.4, -0.2) is 7.05 Å². The van der Waals surface area contributed by atoms with Crippen molar-refractivity contribution < 1.29 is 4.39 Å². The Morgan fingerprint density at radius 2 is 1.41 bits per heavy atom.